The Morgan fingerprint density at radius 1 is 1.41 bits per heavy atom. The van der Waals surface area contributed by atoms with Crippen LogP contribution in [-0.4, -0.2) is 21.1 Å². The van der Waals surface area contributed by atoms with Gasteiger partial charge in [0.05, 0.1) is 0 Å². The first-order chi connectivity index (χ1) is 8.06. The molecule has 17 heavy (non-hydrogen) atoms. The highest BCUT2D eigenvalue weighted by Crippen LogP contribution is 2.16. The van der Waals surface area contributed by atoms with Crippen molar-refractivity contribution in [3.63, 3.8) is 0 Å². The summed E-state index contributed by atoms with van der Waals surface area (Å²) in [6.45, 7) is 3.60. The lowest BCUT2D eigenvalue weighted by atomic mass is 10.1. The van der Waals surface area contributed by atoms with Gasteiger partial charge in [0.25, 0.3) is 5.91 Å². The third-order valence-electron chi connectivity index (χ3n) is 2.24. The van der Waals surface area contributed by atoms with Crippen molar-refractivity contribution in [1.82, 2.24) is 15.2 Å². The van der Waals surface area contributed by atoms with E-state index in [1.807, 2.05) is 6.92 Å². The molecule has 6 heteroatoms. The van der Waals surface area contributed by atoms with Crippen LogP contribution in [0.3, 0.4) is 0 Å². The van der Waals surface area contributed by atoms with E-state index in [0.29, 0.717) is 16.4 Å². The van der Waals surface area contributed by atoms with Crippen molar-refractivity contribution in [3.05, 3.63) is 40.2 Å². The van der Waals surface area contributed by atoms with Crippen molar-refractivity contribution < 1.29 is 4.79 Å². The molecule has 0 spiro atoms. The van der Waals surface area contributed by atoms with E-state index in [1.165, 1.54) is 0 Å². The summed E-state index contributed by atoms with van der Waals surface area (Å²) in [7, 11) is 0. The Morgan fingerprint density at radius 2 is 2.18 bits per heavy atom. The first-order valence-electron chi connectivity index (χ1n) is 5.03. The lowest BCUT2D eigenvalue weighted by Crippen LogP contribution is -2.13. The molecule has 88 valence electrons. The molecule has 2 aromatic rings. The fraction of sp³-hybridized carbons (Fsp3) is 0.182. The van der Waals surface area contributed by atoms with Crippen molar-refractivity contribution in [3.8, 4) is 0 Å². The standard InChI is InChI=1S/C11H11ClN4O/c1-6-5-8(3-4-9(6)12)10(17)14-11-13-7(2)15-16-11/h3-5H,1-2H3,(H2,13,14,15,16,17). The van der Waals surface area contributed by atoms with Crippen molar-refractivity contribution in [2.24, 2.45) is 0 Å². The van der Waals surface area contributed by atoms with Crippen molar-refractivity contribution in [2.75, 3.05) is 5.32 Å². The summed E-state index contributed by atoms with van der Waals surface area (Å²) in [4.78, 5) is 15.8. The molecule has 1 amide bonds. The molecule has 0 saturated heterocycles. The number of benzene rings is 1. The highest BCUT2D eigenvalue weighted by molar-refractivity contribution is 6.31. The number of nitrogens with zero attached hydrogens (tertiary/aromatic N) is 2. The summed E-state index contributed by atoms with van der Waals surface area (Å²) >= 11 is 5.89. The van der Waals surface area contributed by atoms with E-state index >= 15 is 0 Å². The number of aryl methyl sites for hydroxylation is 2. The highest BCUT2D eigenvalue weighted by atomic mass is 35.5. The quantitative estimate of drug-likeness (QED) is 0.859. The summed E-state index contributed by atoms with van der Waals surface area (Å²) in [6, 6.07) is 5.07. The fourth-order valence-corrected chi connectivity index (χ4v) is 1.48. The average molecular weight is 251 g/mol. The van der Waals surface area contributed by atoms with Crippen LogP contribution in [0.15, 0.2) is 18.2 Å². The van der Waals surface area contributed by atoms with Gasteiger partial charge < -0.3 is 0 Å². The first kappa shape index (κ1) is 11.6. The van der Waals surface area contributed by atoms with Crippen LogP contribution in [0.1, 0.15) is 21.7 Å². The number of rotatable bonds is 2. The fourth-order valence-electron chi connectivity index (χ4n) is 1.36. The van der Waals surface area contributed by atoms with Crippen LogP contribution in [-0.2, 0) is 0 Å². The Morgan fingerprint density at radius 3 is 2.76 bits per heavy atom. The Kier molecular flexibility index (Phi) is 3.10. The van der Waals surface area contributed by atoms with E-state index in [1.54, 1.807) is 25.1 Å². The lowest BCUT2D eigenvalue weighted by Gasteiger charge is -2.03. The van der Waals surface area contributed by atoms with Gasteiger partial charge in [-0.2, -0.15) is 4.98 Å². The number of carbonyl (C=O) groups excluding carboxylic acids is 1. The zero-order chi connectivity index (χ0) is 12.4. The summed E-state index contributed by atoms with van der Waals surface area (Å²) in [5.41, 5.74) is 1.37. The van der Waals surface area contributed by atoms with Gasteiger partial charge in [-0.3, -0.25) is 15.2 Å². The smallest absolute Gasteiger partial charge is 0.258 e. The van der Waals surface area contributed by atoms with Crippen LogP contribution in [0.4, 0.5) is 5.95 Å². The molecule has 0 aliphatic carbocycles. The molecule has 0 bridgehead atoms. The van der Waals surface area contributed by atoms with Gasteiger partial charge in [0, 0.05) is 10.6 Å². The molecule has 2 rings (SSSR count). The van der Waals surface area contributed by atoms with E-state index in [0.717, 1.165) is 5.56 Å². The molecule has 0 saturated carbocycles. The van der Waals surface area contributed by atoms with Gasteiger partial charge in [0.1, 0.15) is 5.82 Å². The molecule has 0 aliphatic rings. The number of hydrogen-bond acceptors (Lipinski definition) is 3. The summed E-state index contributed by atoms with van der Waals surface area (Å²) < 4.78 is 0. The number of anilines is 1. The van der Waals surface area contributed by atoms with E-state index in [-0.39, 0.29) is 11.9 Å². The van der Waals surface area contributed by atoms with Gasteiger partial charge in [-0.1, -0.05) is 11.6 Å². The second-order valence-corrected chi connectivity index (χ2v) is 4.07. The zero-order valence-electron chi connectivity index (χ0n) is 9.41. The molecule has 0 aliphatic heterocycles. The molecule has 5 nitrogen and oxygen atoms in total. The monoisotopic (exact) mass is 250 g/mol. The SMILES string of the molecule is Cc1nc(NC(=O)c2ccc(Cl)c(C)c2)n[nH]1. The van der Waals surface area contributed by atoms with Gasteiger partial charge in [-0.05, 0) is 37.6 Å². The van der Waals surface area contributed by atoms with E-state index in [2.05, 4.69) is 20.5 Å². The maximum absolute atomic E-state index is 11.8. The number of carbonyl (C=O) groups is 1. The van der Waals surface area contributed by atoms with E-state index < -0.39 is 0 Å². The maximum Gasteiger partial charge on any atom is 0.258 e. The van der Waals surface area contributed by atoms with Gasteiger partial charge in [-0.15, -0.1) is 5.10 Å². The van der Waals surface area contributed by atoms with Crippen LogP contribution in [0.2, 0.25) is 5.02 Å². The zero-order valence-corrected chi connectivity index (χ0v) is 10.2. The predicted octanol–water partition coefficient (Wildman–Crippen LogP) is 2.33. The molecule has 1 aromatic carbocycles. The van der Waals surface area contributed by atoms with Crippen LogP contribution in [0.25, 0.3) is 0 Å². The largest absolute Gasteiger partial charge is 0.289 e. The number of H-pyrrole nitrogens is 1. The third-order valence-corrected chi connectivity index (χ3v) is 2.67. The molecule has 0 unspecified atom stereocenters. The van der Waals surface area contributed by atoms with Gasteiger partial charge in [0.2, 0.25) is 5.95 Å². The van der Waals surface area contributed by atoms with Crippen LogP contribution < -0.4 is 5.32 Å². The Hall–Kier alpha value is -1.88. The number of nitrogens with one attached hydrogen (secondary N) is 2. The van der Waals surface area contributed by atoms with Crippen molar-refractivity contribution >= 4 is 23.5 Å². The predicted molar refractivity (Wildman–Crippen MR) is 65.3 cm³/mol. The van der Waals surface area contributed by atoms with Crippen LogP contribution in [0.5, 0.6) is 0 Å². The minimum Gasteiger partial charge on any atom is -0.289 e. The molecular formula is C11H11ClN4O. The molecule has 0 radical (unpaired) electrons. The minimum atomic E-state index is -0.260. The van der Waals surface area contributed by atoms with Gasteiger partial charge in [0.15, 0.2) is 0 Å². The minimum absolute atomic E-state index is 0.260. The number of aromatic nitrogens is 3. The summed E-state index contributed by atoms with van der Waals surface area (Å²) in [6.07, 6.45) is 0. The number of aromatic amines is 1. The molecule has 0 fully saturated rings. The number of hydrogen-bond donors (Lipinski definition) is 2. The van der Waals surface area contributed by atoms with E-state index in [9.17, 15) is 4.79 Å². The Balaban J connectivity index is 2.17. The van der Waals surface area contributed by atoms with Crippen molar-refractivity contribution in [1.29, 1.82) is 0 Å². The Labute approximate surface area is 103 Å². The van der Waals surface area contributed by atoms with Crippen LogP contribution in [0, 0.1) is 13.8 Å². The first-order valence-corrected chi connectivity index (χ1v) is 5.40. The summed E-state index contributed by atoms with van der Waals surface area (Å²) in [5.74, 6) is 0.649. The van der Waals surface area contributed by atoms with Gasteiger partial charge in [-0.25, -0.2) is 0 Å². The summed E-state index contributed by atoms with van der Waals surface area (Å²) in [5, 5.41) is 9.70. The van der Waals surface area contributed by atoms with Crippen LogP contribution >= 0.6 is 11.6 Å². The third kappa shape index (κ3) is 2.62. The Bertz CT molecular complexity index is 564. The molecule has 0 atom stereocenters. The number of halogens is 1. The molecule has 1 aromatic heterocycles. The van der Waals surface area contributed by atoms with E-state index in [4.69, 9.17) is 11.6 Å². The maximum atomic E-state index is 11.8. The molecule has 2 N–H and O–H groups in total. The normalized spacial score (nSPS) is 10.3. The molecular weight excluding hydrogens is 240 g/mol. The molecule has 1 heterocycles. The van der Waals surface area contributed by atoms with Gasteiger partial charge >= 0.3 is 0 Å². The number of amides is 1. The van der Waals surface area contributed by atoms with Crippen molar-refractivity contribution in [2.45, 2.75) is 13.8 Å². The topological polar surface area (TPSA) is 70.7 Å². The lowest BCUT2D eigenvalue weighted by molar-refractivity contribution is 0.102. The highest BCUT2D eigenvalue weighted by Gasteiger charge is 2.09. The second kappa shape index (κ2) is 4.55. The average Bonchev–Trinajstić information content (AvgIpc) is 2.68. The second-order valence-electron chi connectivity index (χ2n) is 3.66.